The van der Waals surface area contributed by atoms with E-state index in [1.165, 1.54) is 76.2 Å². The van der Waals surface area contributed by atoms with Crippen molar-refractivity contribution in [2.45, 2.75) is 141 Å². The van der Waals surface area contributed by atoms with Crippen LogP contribution in [0.25, 0.3) is 0 Å². The van der Waals surface area contributed by atoms with Crippen molar-refractivity contribution < 1.29 is 9.53 Å². The Morgan fingerprint density at radius 2 is 1.51 bits per heavy atom. The van der Waals surface area contributed by atoms with Gasteiger partial charge >= 0.3 is 0 Å². The van der Waals surface area contributed by atoms with Crippen molar-refractivity contribution >= 4 is 16.4 Å². The maximum absolute atomic E-state index is 10.5. The molecule has 0 fully saturated rings. The van der Waals surface area contributed by atoms with Crippen molar-refractivity contribution in [2.75, 3.05) is 34.3 Å². The van der Waals surface area contributed by atoms with Crippen LogP contribution in [-0.4, -0.2) is 60.7 Å². The van der Waals surface area contributed by atoms with E-state index in [0.717, 1.165) is 49.1 Å². The minimum atomic E-state index is -1.61. The average Bonchev–Trinajstić information content (AvgIpc) is 2.87. The van der Waals surface area contributed by atoms with Crippen LogP contribution in [-0.2, 0) is 17.4 Å². The van der Waals surface area contributed by atoms with Gasteiger partial charge in [-0.1, -0.05) is 103 Å². The Hall–Kier alpha value is -0.666. The van der Waals surface area contributed by atoms with E-state index in [1.54, 1.807) is 0 Å². The SMILES string of the molecule is CCCC(CCC(CCCCCCCCc1ccc(CN(C)CCCNC)c(O)c1)[Si](C)(C)OC)[Si](C)(C)C. The fourth-order valence-corrected chi connectivity index (χ4v) is 10.3. The minimum absolute atomic E-state index is 0.455. The van der Waals surface area contributed by atoms with Crippen molar-refractivity contribution in [2.24, 2.45) is 0 Å². The monoisotopic (exact) mass is 578 g/mol. The predicted octanol–water partition coefficient (Wildman–Crippen LogP) is 9.22. The van der Waals surface area contributed by atoms with Crippen molar-refractivity contribution in [3.8, 4) is 5.75 Å². The quantitative estimate of drug-likeness (QED) is 0.100. The maximum atomic E-state index is 10.5. The Morgan fingerprint density at radius 1 is 0.872 bits per heavy atom. The second kappa shape index (κ2) is 19.5. The molecule has 0 bridgehead atoms. The maximum Gasteiger partial charge on any atom is 0.189 e. The summed E-state index contributed by atoms with van der Waals surface area (Å²) in [5, 5.41) is 13.7. The predicted molar refractivity (Wildman–Crippen MR) is 178 cm³/mol. The van der Waals surface area contributed by atoms with Crippen LogP contribution in [0.1, 0.15) is 95.1 Å². The number of aromatic hydroxyl groups is 1. The summed E-state index contributed by atoms with van der Waals surface area (Å²) in [6.45, 7) is 17.8. The molecule has 1 rings (SSSR count). The minimum Gasteiger partial charge on any atom is -0.508 e. The Balaban J connectivity index is 2.34. The molecule has 2 unspecified atom stereocenters. The van der Waals surface area contributed by atoms with Crippen molar-refractivity contribution in [3.05, 3.63) is 29.3 Å². The summed E-state index contributed by atoms with van der Waals surface area (Å²) in [7, 11) is 3.38. The first-order valence-electron chi connectivity index (χ1n) is 16.1. The zero-order chi connectivity index (χ0) is 29.3. The largest absolute Gasteiger partial charge is 0.508 e. The van der Waals surface area contributed by atoms with Crippen LogP contribution in [0.4, 0.5) is 0 Å². The van der Waals surface area contributed by atoms with E-state index in [4.69, 9.17) is 4.43 Å². The van der Waals surface area contributed by atoms with Gasteiger partial charge in [0.05, 0.1) is 0 Å². The summed E-state index contributed by atoms with van der Waals surface area (Å²) in [4.78, 5) is 2.28. The Labute approximate surface area is 245 Å². The number of aryl methyl sites for hydroxylation is 1. The molecule has 0 radical (unpaired) electrons. The van der Waals surface area contributed by atoms with E-state index in [-0.39, 0.29) is 0 Å². The number of hydrogen-bond acceptors (Lipinski definition) is 4. The number of unbranched alkanes of at least 4 members (excludes halogenated alkanes) is 5. The molecule has 0 aliphatic rings. The molecule has 0 spiro atoms. The third-order valence-corrected chi connectivity index (χ3v) is 15.7. The highest BCUT2D eigenvalue weighted by molar-refractivity contribution is 6.77. The zero-order valence-corrected chi connectivity index (χ0v) is 29.5. The lowest BCUT2D eigenvalue weighted by Crippen LogP contribution is -2.36. The lowest BCUT2D eigenvalue weighted by atomic mass is 10.0. The second-order valence-electron chi connectivity index (χ2n) is 13.8. The number of phenolic OH excluding ortho intramolecular Hbond substituents is 1. The van der Waals surface area contributed by atoms with Gasteiger partial charge in [0.25, 0.3) is 0 Å². The zero-order valence-electron chi connectivity index (χ0n) is 27.5. The average molecular weight is 579 g/mol. The van der Waals surface area contributed by atoms with Crippen LogP contribution in [0.2, 0.25) is 43.8 Å². The van der Waals surface area contributed by atoms with Crippen LogP contribution in [0.15, 0.2) is 18.2 Å². The molecule has 0 amide bonds. The number of nitrogens with one attached hydrogen (secondary N) is 1. The Kier molecular flexibility index (Phi) is 18.1. The molecule has 4 nitrogen and oxygen atoms in total. The van der Waals surface area contributed by atoms with E-state index >= 15 is 0 Å². The third kappa shape index (κ3) is 15.2. The molecule has 0 saturated carbocycles. The van der Waals surface area contributed by atoms with Crippen LogP contribution in [0, 0.1) is 0 Å². The number of phenols is 1. The molecule has 2 N–H and O–H groups in total. The van der Waals surface area contributed by atoms with Crippen LogP contribution in [0.5, 0.6) is 5.75 Å². The van der Waals surface area contributed by atoms with Crippen LogP contribution in [0.3, 0.4) is 0 Å². The highest BCUT2D eigenvalue weighted by Gasteiger charge is 2.34. The molecule has 6 heteroatoms. The van der Waals surface area contributed by atoms with Gasteiger partial charge in [-0.25, -0.2) is 0 Å². The van der Waals surface area contributed by atoms with Gasteiger partial charge in [-0.2, -0.15) is 0 Å². The van der Waals surface area contributed by atoms with E-state index in [2.05, 4.69) is 69.1 Å². The smallest absolute Gasteiger partial charge is 0.189 e. The van der Waals surface area contributed by atoms with Gasteiger partial charge < -0.3 is 19.7 Å². The summed E-state index contributed by atoms with van der Waals surface area (Å²) in [6, 6.07) is 6.32. The summed E-state index contributed by atoms with van der Waals surface area (Å²) < 4.78 is 6.11. The molecule has 39 heavy (non-hydrogen) atoms. The van der Waals surface area contributed by atoms with Crippen LogP contribution >= 0.6 is 0 Å². The molecular weight excluding hydrogens is 513 g/mol. The standard InChI is InChI=1S/C33H66N2O2Si2/c1-10-18-31(38(5,6)7)23-24-32(39(8,9)37-4)20-16-14-12-11-13-15-19-29-21-22-30(33(36)27-29)28-35(3)26-17-25-34-2/h21-22,27,31-32,34,36H,10-20,23-26,28H2,1-9H3. The molecule has 0 aliphatic heterocycles. The normalized spacial score (nSPS) is 14.2. The van der Waals surface area contributed by atoms with Crippen LogP contribution < -0.4 is 5.32 Å². The van der Waals surface area contributed by atoms with Gasteiger partial charge in [0.2, 0.25) is 0 Å². The summed E-state index contributed by atoms with van der Waals surface area (Å²) >= 11 is 0. The van der Waals surface area contributed by atoms with Crippen molar-refractivity contribution in [1.29, 1.82) is 0 Å². The Bertz CT molecular complexity index is 767. The molecule has 1 aromatic rings. The van der Waals surface area contributed by atoms with Gasteiger partial charge in [0.1, 0.15) is 5.75 Å². The number of hydrogen-bond donors (Lipinski definition) is 2. The fraction of sp³-hybridized carbons (Fsp3) is 0.818. The first-order valence-corrected chi connectivity index (χ1v) is 22.7. The molecule has 228 valence electrons. The number of nitrogens with zero attached hydrogens (tertiary/aromatic N) is 1. The third-order valence-electron chi connectivity index (χ3n) is 9.06. The highest BCUT2D eigenvalue weighted by Crippen LogP contribution is 2.39. The summed E-state index contributed by atoms with van der Waals surface area (Å²) in [6.07, 6.45) is 17.0. The summed E-state index contributed by atoms with van der Waals surface area (Å²) in [5.41, 5.74) is 4.05. The summed E-state index contributed by atoms with van der Waals surface area (Å²) in [5.74, 6) is 0.455. The first kappa shape index (κ1) is 36.4. The van der Waals surface area contributed by atoms with Gasteiger partial charge in [-0.3, -0.25) is 0 Å². The molecule has 1 aromatic carbocycles. The van der Waals surface area contributed by atoms with E-state index in [9.17, 15) is 5.11 Å². The second-order valence-corrected chi connectivity index (χ2v) is 23.7. The Morgan fingerprint density at radius 3 is 2.10 bits per heavy atom. The van der Waals surface area contributed by atoms with E-state index in [1.807, 2.05) is 20.2 Å². The lowest BCUT2D eigenvalue weighted by Gasteiger charge is -2.35. The van der Waals surface area contributed by atoms with Gasteiger partial charge in [-0.15, -0.1) is 0 Å². The van der Waals surface area contributed by atoms with Crippen molar-refractivity contribution in [1.82, 2.24) is 10.2 Å². The van der Waals surface area contributed by atoms with Crippen molar-refractivity contribution in [3.63, 3.8) is 0 Å². The molecule has 0 aromatic heterocycles. The molecule has 2 atom stereocenters. The lowest BCUT2D eigenvalue weighted by molar-refractivity contribution is 0.315. The van der Waals surface area contributed by atoms with Gasteiger partial charge in [0, 0.05) is 27.3 Å². The number of rotatable bonds is 23. The van der Waals surface area contributed by atoms with E-state index in [0.29, 0.717) is 5.75 Å². The number of benzene rings is 1. The first-order chi connectivity index (χ1) is 18.4. The molecule has 0 aliphatic carbocycles. The molecule has 0 heterocycles. The van der Waals surface area contributed by atoms with E-state index < -0.39 is 16.4 Å². The molecule has 0 saturated heterocycles. The van der Waals surface area contributed by atoms with Gasteiger partial charge in [0.15, 0.2) is 8.32 Å². The fourth-order valence-electron chi connectivity index (χ4n) is 5.99. The van der Waals surface area contributed by atoms with Gasteiger partial charge in [-0.05, 0) is 82.3 Å². The highest BCUT2D eigenvalue weighted by atomic mass is 28.4. The topological polar surface area (TPSA) is 44.7 Å². The molecular formula is C33H66N2O2Si2.